The molecule has 0 bridgehead atoms. The van der Waals surface area contributed by atoms with Crippen molar-refractivity contribution in [2.75, 3.05) is 19.6 Å². The van der Waals surface area contributed by atoms with Crippen LogP contribution in [-0.2, 0) is 6.54 Å². The Morgan fingerprint density at radius 3 is 2.72 bits per heavy atom. The number of hydrogen-bond donors (Lipinski definition) is 1. The predicted octanol–water partition coefficient (Wildman–Crippen LogP) is 2.96. The highest BCUT2D eigenvalue weighted by Gasteiger charge is 2.20. The Bertz CT molecular complexity index is 356. The van der Waals surface area contributed by atoms with Gasteiger partial charge in [-0.3, -0.25) is 4.90 Å². The van der Waals surface area contributed by atoms with Crippen LogP contribution in [0.1, 0.15) is 37.3 Å². The molecule has 0 atom stereocenters. The molecule has 0 aromatic heterocycles. The van der Waals surface area contributed by atoms with E-state index in [4.69, 9.17) is 0 Å². The van der Waals surface area contributed by atoms with Gasteiger partial charge in [-0.1, -0.05) is 36.8 Å². The van der Waals surface area contributed by atoms with Crippen LogP contribution in [0.25, 0.3) is 0 Å². The molecule has 1 aromatic carbocycles. The molecule has 1 heterocycles. The molecule has 0 spiro atoms. The summed E-state index contributed by atoms with van der Waals surface area (Å²) < 4.78 is 0. The van der Waals surface area contributed by atoms with E-state index in [2.05, 4.69) is 48.3 Å². The summed E-state index contributed by atoms with van der Waals surface area (Å²) in [6.45, 7) is 9.15. The molecule has 1 fully saturated rings. The highest BCUT2D eigenvalue weighted by atomic mass is 15.2. The Morgan fingerprint density at radius 2 is 2.06 bits per heavy atom. The maximum atomic E-state index is 3.46. The van der Waals surface area contributed by atoms with Crippen LogP contribution in [0.4, 0.5) is 0 Å². The zero-order chi connectivity index (χ0) is 12.8. The molecule has 0 unspecified atom stereocenters. The number of nitrogens with one attached hydrogen (secondary N) is 1. The van der Waals surface area contributed by atoms with E-state index in [1.165, 1.54) is 50.0 Å². The third kappa shape index (κ3) is 3.82. The van der Waals surface area contributed by atoms with Gasteiger partial charge >= 0.3 is 0 Å². The molecule has 0 radical (unpaired) electrons. The van der Waals surface area contributed by atoms with Gasteiger partial charge in [-0.15, -0.1) is 0 Å². The van der Waals surface area contributed by atoms with Gasteiger partial charge in [-0.25, -0.2) is 0 Å². The van der Waals surface area contributed by atoms with Crippen molar-refractivity contribution in [2.24, 2.45) is 0 Å². The van der Waals surface area contributed by atoms with Crippen LogP contribution >= 0.6 is 0 Å². The average molecular weight is 246 g/mol. The molecule has 0 aliphatic carbocycles. The van der Waals surface area contributed by atoms with Crippen LogP contribution in [0.3, 0.4) is 0 Å². The lowest BCUT2D eigenvalue weighted by atomic mass is 10.0. The number of nitrogens with zero attached hydrogens (tertiary/aromatic N) is 1. The van der Waals surface area contributed by atoms with Crippen molar-refractivity contribution >= 4 is 0 Å². The van der Waals surface area contributed by atoms with Gasteiger partial charge in [0.25, 0.3) is 0 Å². The summed E-state index contributed by atoms with van der Waals surface area (Å²) in [7, 11) is 0. The predicted molar refractivity (Wildman–Crippen MR) is 77.8 cm³/mol. The van der Waals surface area contributed by atoms with Crippen LogP contribution in [0, 0.1) is 6.92 Å². The molecule has 1 aromatic rings. The van der Waals surface area contributed by atoms with Gasteiger partial charge in [-0.05, 0) is 51.4 Å². The van der Waals surface area contributed by atoms with Crippen molar-refractivity contribution in [1.82, 2.24) is 10.2 Å². The van der Waals surface area contributed by atoms with Crippen molar-refractivity contribution in [3.63, 3.8) is 0 Å². The topological polar surface area (TPSA) is 15.3 Å². The van der Waals surface area contributed by atoms with Gasteiger partial charge in [-0.2, -0.15) is 0 Å². The van der Waals surface area contributed by atoms with E-state index in [1.807, 2.05) is 0 Å². The van der Waals surface area contributed by atoms with Crippen molar-refractivity contribution in [1.29, 1.82) is 0 Å². The van der Waals surface area contributed by atoms with Crippen molar-refractivity contribution in [3.8, 4) is 0 Å². The summed E-state index contributed by atoms with van der Waals surface area (Å²) in [5, 5.41) is 3.46. The molecule has 1 N–H and O–H groups in total. The standard InChI is InChI=1S/C16H26N2/c1-3-11-18(16-7-9-17-10-8-16)13-15-6-4-5-14(2)12-15/h4-6,12,16-17H,3,7-11,13H2,1-2H3. The number of piperidine rings is 1. The van der Waals surface area contributed by atoms with Gasteiger partial charge in [0, 0.05) is 12.6 Å². The van der Waals surface area contributed by atoms with Crippen molar-refractivity contribution < 1.29 is 0 Å². The summed E-state index contributed by atoms with van der Waals surface area (Å²) in [5.41, 5.74) is 2.83. The SMILES string of the molecule is CCCN(Cc1cccc(C)c1)C1CCNCC1. The van der Waals surface area contributed by atoms with E-state index < -0.39 is 0 Å². The number of rotatable bonds is 5. The van der Waals surface area contributed by atoms with E-state index in [0.29, 0.717) is 0 Å². The minimum atomic E-state index is 0.770. The maximum Gasteiger partial charge on any atom is 0.0236 e. The fraction of sp³-hybridized carbons (Fsp3) is 0.625. The summed E-state index contributed by atoms with van der Waals surface area (Å²) >= 11 is 0. The third-order valence-corrected chi connectivity index (χ3v) is 3.80. The third-order valence-electron chi connectivity index (χ3n) is 3.80. The summed E-state index contributed by atoms with van der Waals surface area (Å²) in [4.78, 5) is 2.68. The smallest absolute Gasteiger partial charge is 0.0236 e. The molecule has 1 aliphatic heterocycles. The maximum absolute atomic E-state index is 3.46. The molecule has 2 nitrogen and oxygen atoms in total. The normalized spacial score (nSPS) is 17.3. The molecule has 1 saturated heterocycles. The zero-order valence-corrected chi connectivity index (χ0v) is 11.8. The lowest BCUT2D eigenvalue weighted by molar-refractivity contribution is 0.154. The van der Waals surface area contributed by atoms with Crippen LogP contribution in [0.2, 0.25) is 0 Å². The van der Waals surface area contributed by atoms with Crippen LogP contribution < -0.4 is 5.32 Å². The van der Waals surface area contributed by atoms with E-state index in [1.54, 1.807) is 0 Å². The second-order valence-corrected chi connectivity index (χ2v) is 5.44. The molecule has 18 heavy (non-hydrogen) atoms. The highest BCUT2D eigenvalue weighted by Crippen LogP contribution is 2.16. The van der Waals surface area contributed by atoms with Crippen LogP contribution in [0.15, 0.2) is 24.3 Å². The van der Waals surface area contributed by atoms with Crippen molar-refractivity contribution in [2.45, 2.75) is 45.7 Å². The molecule has 0 amide bonds. The fourth-order valence-electron chi connectivity index (χ4n) is 2.89. The van der Waals surface area contributed by atoms with E-state index in [0.717, 1.165) is 12.6 Å². The van der Waals surface area contributed by atoms with Gasteiger partial charge < -0.3 is 5.32 Å². The van der Waals surface area contributed by atoms with Crippen molar-refractivity contribution in [3.05, 3.63) is 35.4 Å². The monoisotopic (exact) mass is 246 g/mol. The molecule has 2 heteroatoms. The Morgan fingerprint density at radius 1 is 1.28 bits per heavy atom. The average Bonchev–Trinajstić information content (AvgIpc) is 2.39. The molecule has 0 saturated carbocycles. The Kier molecular flexibility index (Phi) is 5.21. The highest BCUT2D eigenvalue weighted by molar-refractivity contribution is 5.22. The Balaban J connectivity index is 2.00. The van der Waals surface area contributed by atoms with Gasteiger partial charge in [0.1, 0.15) is 0 Å². The number of aryl methyl sites for hydroxylation is 1. The molecule has 2 rings (SSSR count). The largest absolute Gasteiger partial charge is 0.317 e. The second-order valence-electron chi connectivity index (χ2n) is 5.44. The van der Waals surface area contributed by atoms with Gasteiger partial charge in [0.05, 0.1) is 0 Å². The second kappa shape index (κ2) is 6.91. The summed E-state index contributed by atoms with van der Waals surface area (Å²) in [5.74, 6) is 0. The summed E-state index contributed by atoms with van der Waals surface area (Å²) in [6.07, 6.45) is 3.84. The van der Waals surface area contributed by atoms with Crippen LogP contribution in [0.5, 0.6) is 0 Å². The molecular formula is C16H26N2. The fourth-order valence-corrected chi connectivity index (χ4v) is 2.89. The molecule has 100 valence electrons. The van der Waals surface area contributed by atoms with Gasteiger partial charge in [0.2, 0.25) is 0 Å². The lowest BCUT2D eigenvalue weighted by Crippen LogP contribution is -2.43. The first-order valence-corrected chi connectivity index (χ1v) is 7.30. The first kappa shape index (κ1) is 13.6. The quantitative estimate of drug-likeness (QED) is 0.859. The van der Waals surface area contributed by atoms with E-state index in [-0.39, 0.29) is 0 Å². The first-order valence-electron chi connectivity index (χ1n) is 7.30. The number of hydrogen-bond acceptors (Lipinski definition) is 2. The molecular weight excluding hydrogens is 220 g/mol. The first-order chi connectivity index (χ1) is 8.79. The zero-order valence-electron chi connectivity index (χ0n) is 11.8. The van der Waals surface area contributed by atoms with Crippen LogP contribution in [-0.4, -0.2) is 30.6 Å². The minimum absolute atomic E-state index is 0.770. The Hall–Kier alpha value is -0.860. The number of benzene rings is 1. The molecule has 1 aliphatic rings. The Labute approximate surface area is 111 Å². The summed E-state index contributed by atoms with van der Waals surface area (Å²) in [6, 6.07) is 9.71. The minimum Gasteiger partial charge on any atom is -0.317 e. The van der Waals surface area contributed by atoms with E-state index in [9.17, 15) is 0 Å². The van der Waals surface area contributed by atoms with E-state index >= 15 is 0 Å². The van der Waals surface area contributed by atoms with Gasteiger partial charge in [0.15, 0.2) is 0 Å². The lowest BCUT2D eigenvalue weighted by Gasteiger charge is -2.34.